The summed E-state index contributed by atoms with van der Waals surface area (Å²) in [5.74, 6) is 1.43. The van der Waals surface area contributed by atoms with E-state index >= 15 is 0 Å². The minimum Gasteiger partial charge on any atom is -0.443 e. The van der Waals surface area contributed by atoms with E-state index in [-0.39, 0.29) is 5.91 Å². The summed E-state index contributed by atoms with van der Waals surface area (Å²) in [6.07, 6.45) is 0.670. The number of carbonyl (C=O) groups is 1. The number of nitrogens with zero attached hydrogens (tertiary/aromatic N) is 4. The quantitative estimate of drug-likeness (QED) is 0.680. The van der Waals surface area contributed by atoms with E-state index in [9.17, 15) is 4.79 Å². The summed E-state index contributed by atoms with van der Waals surface area (Å²) in [7, 11) is 1.61. The molecule has 0 aliphatic carbocycles. The van der Waals surface area contributed by atoms with Crippen LogP contribution < -0.4 is 0 Å². The van der Waals surface area contributed by atoms with E-state index in [1.807, 2.05) is 47.7 Å². The van der Waals surface area contributed by atoms with Gasteiger partial charge in [0.15, 0.2) is 0 Å². The number of aromatic nitrogens is 3. The van der Waals surface area contributed by atoms with E-state index in [1.54, 1.807) is 7.11 Å². The van der Waals surface area contributed by atoms with Gasteiger partial charge in [-0.25, -0.2) is 4.98 Å². The summed E-state index contributed by atoms with van der Waals surface area (Å²) < 4.78 is 12.7. The molecule has 3 heterocycles. The number of ether oxygens (including phenoxy) is 1. The minimum absolute atomic E-state index is 0.0113. The molecule has 7 nitrogen and oxygen atoms in total. The number of carbonyl (C=O) groups excluding carboxylic acids is 1. The molecule has 0 spiro atoms. The Balaban J connectivity index is 1.49. The fraction of sp³-hybridized carbons (Fsp3) is 0.381. The molecule has 0 radical (unpaired) electrons. The van der Waals surface area contributed by atoms with E-state index in [1.165, 1.54) is 0 Å². The molecule has 4 rings (SSSR count). The van der Waals surface area contributed by atoms with Crippen LogP contribution in [0.2, 0.25) is 0 Å². The molecule has 0 bridgehead atoms. The molecule has 1 aliphatic rings. The summed E-state index contributed by atoms with van der Waals surface area (Å²) in [5, 5.41) is 4.50. The van der Waals surface area contributed by atoms with Gasteiger partial charge in [-0.1, -0.05) is 12.1 Å². The highest BCUT2D eigenvalue weighted by Crippen LogP contribution is 2.22. The zero-order valence-corrected chi connectivity index (χ0v) is 16.4. The summed E-state index contributed by atoms with van der Waals surface area (Å²) in [5.41, 5.74) is 4.66. The van der Waals surface area contributed by atoms with Gasteiger partial charge in [0.05, 0.1) is 18.8 Å². The first-order valence-corrected chi connectivity index (χ1v) is 9.39. The zero-order chi connectivity index (χ0) is 19.7. The predicted molar refractivity (Wildman–Crippen MR) is 103 cm³/mol. The maximum absolute atomic E-state index is 13.0. The number of benzene rings is 1. The molecule has 1 aliphatic heterocycles. The maximum Gasteiger partial charge on any atom is 0.254 e. The van der Waals surface area contributed by atoms with Crippen LogP contribution in [0.1, 0.15) is 44.7 Å². The van der Waals surface area contributed by atoms with Crippen LogP contribution in [0.5, 0.6) is 0 Å². The van der Waals surface area contributed by atoms with Crippen molar-refractivity contribution < 1.29 is 13.9 Å². The second kappa shape index (κ2) is 7.59. The molecule has 0 unspecified atom stereocenters. The van der Waals surface area contributed by atoms with Crippen LogP contribution in [0.3, 0.4) is 0 Å². The van der Waals surface area contributed by atoms with Gasteiger partial charge in [0.25, 0.3) is 5.91 Å². The number of rotatable bonds is 5. The third-order valence-electron chi connectivity index (χ3n) is 4.94. The van der Waals surface area contributed by atoms with Crippen LogP contribution in [-0.4, -0.2) is 39.2 Å². The lowest BCUT2D eigenvalue weighted by atomic mass is 10.1. The van der Waals surface area contributed by atoms with Crippen molar-refractivity contribution in [1.29, 1.82) is 0 Å². The van der Waals surface area contributed by atoms with Crippen molar-refractivity contribution in [2.24, 2.45) is 0 Å². The highest BCUT2D eigenvalue weighted by molar-refractivity contribution is 5.94. The van der Waals surface area contributed by atoms with Crippen LogP contribution in [0.25, 0.3) is 0 Å². The molecule has 0 N–H and O–H groups in total. The van der Waals surface area contributed by atoms with Crippen LogP contribution in [0.4, 0.5) is 0 Å². The highest BCUT2D eigenvalue weighted by Gasteiger charge is 2.26. The Kier molecular flexibility index (Phi) is 5.00. The summed E-state index contributed by atoms with van der Waals surface area (Å²) in [6.45, 7) is 6.09. The molecule has 3 aromatic rings. The smallest absolute Gasteiger partial charge is 0.254 e. The van der Waals surface area contributed by atoms with Crippen molar-refractivity contribution in [1.82, 2.24) is 19.7 Å². The topological polar surface area (TPSA) is 73.4 Å². The number of methoxy groups -OCH3 is 1. The van der Waals surface area contributed by atoms with E-state index in [0.29, 0.717) is 44.1 Å². The maximum atomic E-state index is 13.0. The first-order chi connectivity index (χ1) is 13.5. The summed E-state index contributed by atoms with van der Waals surface area (Å²) in [6, 6.07) is 9.82. The Morgan fingerprint density at radius 1 is 1.29 bits per heavy atom. The number of hydrogen-bond acceptors (Lipinski definition) is 5. The number of aryl methyl sites for hydroxylation is 2. The predicted octanol–water partition coefficient (Wildman–Crippen LogP) is 2.88. The van der Waals surface area contributed by atoms with Gasteiger partial charge in [-0.2, -0.15) is 5.10 Å². The van der Waals surface area contributed by atoms with Gasteiger partial charge in [-0.15, -0.1) is 0 Å². The van der Waals surface area contributed by atoms with Gasteiger partial charge in [0.1, 0.15) is 18.1 Å². The molecule has 2 aromatic heterocycles. The van der Waals surface area contributed by atoms with Gasteiger partial charge in [-0.05, 0) is 37.6 Å². The van der Waals surface area contributed by atoms with E-state index in [0.717, 1.165) is 28.4 Å². The fourth-order valence-corrected chi connectivity index (χ4v) is 3.60. The van der Waals surface area contributed by atoms with Crippen molar-refractivity contribution in [3.8, 4) is 0 Å². The average Bonchev–Trinajstić information content (AvgIpc) is 3.22. The van der Waals surface area contributed by atoms with Crippen molar-refractivity contribution in [3.63, 3.8) is 0 Å². The summed E-state index contributed by atoms with van der Waals surface area (Å²) in [4.78, 5) is 19.3. The second-order valence-electron chi connectivity index (χ2n) is 7.17. The van der Waals surface area contributed by atoms with Gasteiger partial charge < -0.3 is 14.1 Å². The molecule has 146 valence electrons. The number of hydrogen-bond donors (Lipinski definition) is 0. The Bertz CT molecular complexity index is 1010. The van der Waals surface area contributed by atoms with Crippen LogP contribution in [0, 0.1) is 13.8 Å². The van der Waals surface area contributed by atoms with Crippen molar-refractivity contribution in [2.75, 3.05) is 13.7 Å². The Morgan fingerprint density at radius 3 is 2.89 bits per heavy atom. The molecule has 0 saturated heterocycles. The SMILES string of the molecule is COCc1nc2c(o1)CCN(C(=O)c1cccc(Cn3nc(C)cc3C)c1)C2. The van der Waals surface area contributed by atoms with Crippen molar-refractivity contribution in [3.05, 3.63) is 70.2 Å². The van der Waals surface area contributed by atoms with E-state index in [2.05, 4.69) is 16.1 Å². The molecule has 0 saturated carbocycles. The fourth-order valence-electron chi connectivity index (χ4n) is 3.60. The minimum atomic E-state index is 0.0113. The lowest BCUT2D eigenvalue weighted by Crippen LogP contribution is -2.35. The molecule has 28 heavy (non-hydrogen) atoms. The molecular weight excluding hydrogens is 356 g/mol. The van der Waals surface area contributed by atoms with Crippen molar-refractivity contribution in [2.45, 2.75) is 40.0 Å². The van der Waals surface area contributed by atoms with Crippen LogP contribution >= 0.6 is 0 Å². The highest BCUT2D eigenvalue weighted by atomic mass is 16.5. The van der Waals surface area contributed by atoms with Gasteiger partial charge in [0, 0.05) is 31.3 Å². The normalized spacial score (nSPS) is 13.6. The van der Waals surface area contributed by atoms with Crippen LogP contribution in [-0.2, 0) is 30.9 Å². The van der Waals surface area contributed by atoms with E-state index < -0.39 is 0 Å². The van der Waals surface area contributed by atoms with Gasteiger partial charge >= 0.3 is 0 Å². The first kappa shape index (κ1) is 18.4. The Morgan fingerprint density at radius 2 is 2.14 bits per heavy atom. The molecule has 1 aromatic carbocycles. The van der Waals surface area contributed by atoms with Gasteiger partial charge in [-0.3, -0.25) is 9.48 Å². The molecule has 7 heteroatoms. The van der Waals surface area contributed by atoms with Crippen LogP contribution in [0.15, 0.2) is 34.7 Å². The number of oxazole rings is 1. The van der Waals surface area contributed by atoms with E-state index in [4.69, 9.17) is 9.15 Å². The average molecular weight is 380 g/mol. The largest absolute Gasteiger partial charge is 0.443 e. The first-order valence-electron chi connectivity index (χ1n) is 9.39. The third-order valence-corrected chi connectivity index (χ3v) is 4.94. The second-order valence-corrected chi connectivity index (χ2v) is 7.17. The standard InChI is InChI=1S/C21H24N4O3/c1-14-9-15(2)25(23-14)11-16-5-4-6-17(10-16)21(26)24-8-7-19-18(12-24)22-20(28-19)13-27-3/h4-6,9-10H,7-8,11-13H2,1-3H3. The third kappa shape index (κ3) is 3.71. The lowest BCUT2D eigenvalue weighted by molar-refractivity contribution is 0.0727. The monoisotopic (exact) mass is 380 g/mol. The molecule has 0 atom stereocenters. The zero-order valence-electron chi connectivity index (χ0n) is 16.4. The Labute approximate surface area is 163 Å². The molecule has 0 fully saturated rings. The number of fused-ring (bicyclic) bond motifs is 1. The lowest BCUT2D eigenvalue weighted by Gasteiger charge is -2.25. The summed E-state index contributed by atoms with van der Waals surface area (Å²) >= 11 is 0. The Hall–Kier alpha value is -2.93. The number of amides is 1. The molecular formula is C21H24N4O3. The molecule has 1 amide bonds. The van der Waals surface area contributed by atoms with Gasteiger partial charge in [0.2, 0.25) is 5.89 Å². The van der Waals surface area contributed by atoms with Crippen molar-refractivity contribution >= 4 is 5.91 Å².